The van der Waals surface area contributed by atoms with Crippen molar-refractivity contribution in [3.63, 3.8) is 0 Å². The van der Waals surface area contributed by atoms with Crippen LogP contribution in [-0.2, 0) is 9.84 Å². The summed E-state index contributed by atoms with van der Waals surface area (Å²) in [6, 6.07) is 31.1. The molecule has 0 radical (unpaired) electrons. The number of rotatable bonds is 5. The van der Waals surface area contributed by atoms with Crippen LogP contribution in [0.5, 0.6) is 11.5 Å². The van der Waals surface area contributed by atoms with E-state index in [2.05, 4.69) is 31.2 Å². The van der Waals surface area contributed by atoms with Crippen LogP contribution in [-0.4, -0.2) is 8.42 Å². The highest BCUT2D eigenvalue weighted by atomic mass is 32.2. The Morgan fingerprint density at radius 3 is 1.55 bits per heavy atom. The van der Waals surface area contributed by atoms with Gasteiger partial charge in [0.1, 0.15) is 11.5 Å². The van der Waals surface area contributed by atoms with Crippen molar-refractivity contribution < 1.29 is 13.2 Å². The van der Waals surface area contributed by atoms with Crippen molar-refractivity contribution in [3.8, 4) is 22.6 Å². The van der Waals surface area contributed by atoms with E-state index in [9.17, 15) is 8.42 Å². The van der Waals surface area contributed by atoms with Crippen LogP contribution in [0.1, 0.15) is 5.56 Å². The van der Waals surface area contributed by atoms with Crippen LogP contribution in [0, 0.1) is 6.92 Å². The summed E-state index contributed by atoms with van der Waals surface area (Å²) >= 11 is 0. The zero-order valence-corrected chi connectivity index (χ0v) is 16.8. The van der Waals surface area contributed by atoms with Gasteiger partial charge in [0.05, 0.1) is 9.79 Å². The van der Waals surface area contributed by atoms with E-state index < -0.39 is 9.84 Å². The Morgan fingerprint density at radius 2 is 1.00 bits per heavy atom. The van der Waals surface area contributed by atoms with Crippen LogP contribution < -0.4 is 4.74 Å². The molecule has 0 aliphatic heterocycles. The number of ether oxygens (including phenoxy) is 1. The van der Waals surface area contributed by atoms with Gasteiger partial charge >= 0.3 is 0 Å². The topological polar surface area (TPSA) is 43.4 Å². The third kappa shape index (κ3) is 4.23. The molecule has 4 heteroatoms. The largest absolute Gasteiger partial charge is 0.457 e. The van der Waals surface area contributed by atoms with E-state index in [0.29, 0.717) is 11.5 Å². The van der Waals surface area contributed by atoms with Crippen molar-refractivity contribution in [2.45, 2.75) is 16.7 Å². The van der Waals surface area contributed by atoms with Gasteiger partial charge in [0.2, 0.25) is 9.84 Å². The van der Waals surface area contributed by atoms with E-state index in [1.54, 1.807) is 54.6 Å². The number of hydrogen-bond donors (Lipinski definition) is 0. The molecule has 0 saturated heterocycles. The quantitative estimate of drug-likeness (QED) is 0.395. The molecule has 0 fully saturated rings. The van der Waals surface area contributed by atoms with Gasteiger partial charge in [0.25, 0.3) is 0 Å². The minimum atomic E-state index is -3.52. The molecule has 0 bridgehead atoms. The molecule has 4 aromatic rings. The van der Waals surface area contributed by atoms with Gasteiger partial charge in [-0.15, -0.1) is 0 Å². The highest BCUT2D eigenvalue weighted by molar-refractivity contribution is 7.91. The molecule has 0 unspecified atom stereocenters. The molecule has 3 nitrogen and oxygen atoms in total. The maximum atomic E-state index is 12.7. The third-order valence-electron chi connectivity index (χ3n) is 4.66. The normalized spacial score (nSPS) is 11.2. The molecule has 4 aromatic carbocycles. The van der Waals surface area contributed by atoms with E-state index in [0.717, 1.165) is 11.1 Å². The van der Waals surface area contributed by atoms with Gasteiger partial charge in [0, 0.05) is 0 Å². The lowest BCUT2D eigenvalue weighted by atomic mass is 10.0. The molecule has 0 amide bonds. The predicted molar refractivity (Wildman–Crippen MR) is 115 cm³/mol. The molecule has 0 aliphatic carbocycles. The molecule has 0 N–H and O–H groups in total. The van der Waals surface area contributed by atoms with Crippen LogP contribution in [0.2, 0.25) is 0 Å². The number of sulfone groups is 1. The van der Waals surface area contributed by atoms with E-state index in [4.69, 9.17) is 4.74 Å². The molecule has 4 rings (SSSR count). The molecule has 0 spiro atoms. The van der Waals surface area contributed by atoms with Gasteiger partial charge in [-0.1, -0.05) is 60.2 Å². The first-order valence-corrected chi connectivity index (χ1v) is 10.8. The van der Waals surface area contributed by atoms with Gasteiger partial charge in [-0.2, -0.15) is 0 Å². The van der Waals surface area contributed by atoms with Crippen molar-refractivity contribution in [1.29, 1.82) is 0 Å². The lowest BCUT2D eigenvalue weighted by Gasteiger charge is -2.09. The van der Waals surface area contributed by atoms with E-state index in [1.165, 1.54) is 5.56 Å². The molecule has 0 atom stereocenters. The zero-order chi connectivity index (χ0) is 20.3. The van der Waals surface area contributed by atoms with E-state index >= 15 is 0 Å². The smallest absolute Gasteiger partial charge is 0.206 e. The molecule has 0 aromatic heterocycles. The zero-order valence-electron chi connectivity index (χ0n) is 15.9. The summed E-state index contributed by atoms with van der Waals surface area (Å²) in [7, 11) is -3.52. The van der Waals surface area contributed by atoms with Gasteiger partial charge in [-0.3, -0.25) is 0 Å². The summed E-state index contributed by atoms with van der Waals surface area (Å²) in [4.78, 5) is 0.520. The Labute approximate surface area is 171 Å². The van der Waals surface area contributed by atoms with Crippen molar-refractivity contribution in [2.75, 3.05) is 0 Å². The van der Waals surface area contributed by atoms with Crippen molar-refractivity contribution in [3.05, 3.63) is 109 Å². The fraction of sp³-hybridized carbons (Fsp3) is 0.0400. The van der Waals surface area contributed by atoms with Crippen LogP contribution >= 0.6 is 0 Å². The van der Waals surface area contributed by atoms with E-state index in [1.807, 2.05) is 24.3 Å². The minimum absolute atomic E-state index is 0.241. The lowest BCUT2D eigenvalue weighted by Crippen LogP contribution is -2.01. The lowest BCUT2D eigenvalue weighted by molar-refractivity contribution is 0.482. The van der Waals surface area contributed by atoms with Crippen LogP contribution in [0.15, 0.2) is 113 Å². The molecule has 29 heavy (non-hydrogen) atoms. The maximum Gasteiger partial charge on any atom is 0.206 e. The Bertz CT molecular complexity index is 1190. The second-order valence-corrected chi connectivity index (χ2v) is 8.73. The fourth-order valence-corrected chi connectivity index (χ4v) is 4.30. The fourth-order valence-electron chi connectivity index (χ4n) is 3.02. The average molecular weight is 400 g/mol. The Hall–Kier alpha value is -3.37. The second kappa shape index (κ2) is 7.94. The molecule has 0 saturated carbocycles. The molecule has 0 aliphatic rings. The van der Waals surface area contributed by atoms with Crippen LogP contribution in [0.25, 0.3) is 11.1 Å². The minimum Gasteiger partial charge on any atom is -0.457 e. The number of hydrogen-bond acceptors (Lipinski definition) is 3. The maximum absolute atomic E-state index is 12.7. The summed E-state index contributed by atoms with van der Waals surface area (Å²) in [5, 5.41) is 0. The molecule has 0 heterocycles. The first-order chi connectivity index (χ1) is 14.0. The van der Waals surface area contributed by atoms with Crippen molar-refractivity contribution >= 4 is 9.84 Å². The van der Waals surface area contributed by atoms with Crippen LogP contribution in [0.4, 0.5) is 0 Å². The Morgan fingerprint density at radius 1 is 0.552 bits per heavy atom. The van der Waals surface area contributed by atoms with Crippen molar-refractivity contribution in [1.82, 2.24) is 0 Å². The van der Waals surface area contributed by atoms with Crippen LogP contribution in [0.3, 0.4) is 0 Å². The Balaban J connectivity index is 1.50. The predicted octanol–water partition coefficient (Wildman–Crippen LogP) is 6.29. The Kier molecular flexibility index (Phi) is 5.19. The number of benzene rings is 4. The first-order valence-electron chi connectivity index (χ1n) is 9.27. The summed E-state index contributed by atoms with van der Waals surface area (Å²) in [6.07, 6.45) is 0. The second-order valence-electron chi connectivity index (χ2n) is 6.78. The highest BCUT2D eigenvalue weighted by Crippen LogP contribution is 2.28. The van der Waals surface area contributed by atoms with Gasteiger partial charge in [0.15, 0.2) is 0 Å². The molecular weight excluding hydrogens is 380 g/mol. The summed E-state index contributed by atoms with van der Waals surface area (Å²) in [5.74, 6) is 1.28. The first kappa shape index (κ1) is 19.0. The molecule has 144 valence electrons. The standard InChI is InChI=1S/C25H20O3S/c1-19-7-9-20(10-8-19)21-11-13-22(14-12-21)28-23-15-17-25(18-16-23)29(26,27)24-5-3-2-4-6-24/h2-18H,1H3. The van der Waals surface area contributed by atoms with E-state index in [-0.39, 0.29) is 9.79 Å². The van der Waals surface area contributed by atoms with Gasteiger partial charge in [-0.25, -0.2) is 8.42 Å². The SMILES string of the molecule is Cc1ccc(-c2ccc(Oc3ccc(S(=O)(=O)c4ccccc4)cc3)cc2)cc1. The summed E-state index contributed by atoms with van der Waals surface area (Å²) in [6.45, 7) is 2.07. The third-order valence-corrected chi connectivity index (χ3v) is 6.45. The van der Waals surface area contributed by atoms with Crippen molar-refractivity contribution in [2.24, 2.45) is 0 Å². The van der Waals surface area contributed by atoms with Gasteiger partial charge < -0.3 is 4.74 Å². The monoisotopic (exact) mass is 400 g/mol. The molecular formula is C25H20O3S. The highest BCUT2D eigenvalue weighted by Gasteiger charge is 2.17. The average Bonchev–Trinajstić information content (AvgIpc) is 2.76. The summed E-state index contributed by atoms with van der Waals surface area (Å²) in [5.41, 5.74) is 3.49. The number of aryl methyl sites for hydroxylation is 1. The summed E-state index contributed by atoms with van der Waals surface area (Å²) < 4.78 is 31.2. The van der Waals surface area contributed by atoms with Gasteiger partial charge in [-0.05, 0) is 66.6 Å².